The number of piperidine rings is 1. The van der Waals surface area contributed by atoms with E-state index in [2.05, 4.69) is 31.2 Å². The maximum absolute atomic E-state index is 4.60. The van der Waals surface area contributed by atoms with Crippen LogP contribution in [0.3, 0.4) is 0 Å². The van der Waals surface area contributed by atoms with Gasteiger partial charge in [-0.25, -0.2) is 9.97 Å². The average Bonchev–Trinajstić information content (AvgIpc) is 2.97. The van der Waals surface area contributed by atoms with E-state index in [1.54, 1.807) is 0 Å². The average molecular weight is 275 g/mol. The van der Waals surface area contributed by atoms with Gasteiger partial charge in [0.15, 0.2) is 0 Å². The number of anilines is 2. The number of hydrogen-bond acceptors (Lipinski definition) is 5. The molecule has 1 N–H and O–H groups in total. The Balaban J connectivity index is 1.68. The Bertz CT molecular complexity index is 456. The fraction of sp³-hybridized carbons (Fsp3) is 0.733. The first-order chi connectivity index (χ1) is 9.76. The Kier molecular flexibility index (Phi) is 4.05. The van der Waals surface area contributed by atoms with Crippen LogP contribution in [0.2, 0.25) is 0 Å². The molecule has 3 heterocycles. The van der Waals surface area contributed by atoms with Gasteiger partial charge >= 0.3 is 0 Å². The van der Waals surface area contributed by atoms with Gasteiger partial charge in [-0.2, -0.15) is 0 Å². The third-order valence-corrected chi connectivity index (χ3v) is 4.47. The Morgan fingerprint density at radius 1 is 1.15 bits per heavy atom. The summed E-state index contributed by atoms with van der Waals surface area (Å²) < 4.78 is 0. The number of nitrogens with zero attached hydrogens (tertiary/aromatic N) is 4. The van der Waals surface area contributed by atoms with Crippen LogP contribution in [-0.2, 0) is 0 Å². The van der Waals surface area contributed by atoms with Gasteiger partial charge in [0, 0.05) is 32.2 Å². The molecule has 1 aromatic heterocycles. The molecule has 2 aliphatic rings. The van der Waals surface area contributed by atoms with Crippen molar-refractivity contribution in [1.82, 2.24) is 14.9 Å². The van der Waals surface area contributed by atoms with E-state index in [1.807, 2.05) is 14.0 Å². The summed E-state index contributed by atoms with van der Waals surface area (Å²) in [6.45, 7) is 6.75. The van der Waals surface area contributed by atoms with Gasteiger partial charge in [-0.15, -0.1) is 0 Å². The van der Waals surface area contributed by atoms with Crippen molar-refractivity contribution in [2.24, 2.45) is 0 Å². The van der Waals surface area contributed by atoms with Crippen molar-refractivity contribution in [2.75, 3.05) is 43.4 Å². The van der Waals surface area contributed by atoms with Gasteiger partial charge in [0.05, 0.1) is 0 Å². The van der Waals surface area contributed by atoms with E-state index in [0.29, 0.717) is 6.04 Å². The molecule has 2 fully saturated rings. The maximum Gasteiger partial charge on any atom is 0.134 e. The highest BCUT2D eigenvalue weighted by Crippen LogP contribution is 2.25. The lowest BCUT2D eigenvalue weighted by molar-refractivity contribution is 0.175. The van der Waals surface area contributed by atoms with E-state index in [0.717, 1.165) is 30.5 Å². The minimum absolute atomic E-state index is 0.712. The maximum atomic E-state index is 4.60. The first-order valence-corrected chi connectivity index (χ1v) is 7.78. The Labute approximate surface area is 121 Å². The fourth-order valence-electron chi connectivity index (χ4n) is 3.37. The fourth-order valence-corrected chi connectivity index (χ4v) is 3.37. The van der Waals surface area contributed by atoms with Crippen molar-refractivity contribution >= 4 is 11.6 Å². The van der Waals surface area contributed by atoms with Crippen molar-refractivity contribution in [3.8, 4) is 0 Å². The van der Waals surface area contributed by atoms with E-state index in [1.165, 1.54) is 38.8 Å². The first kappa shape index (κ1) is 13.6. The quantitative estimate of drug-likeness (QED) is 0.912. The van der Waals surface area contributed by atoms with Gasteiger partial charge in [0.1, 0.15) is 17.5 Å². The van der Waals surface area contributed by atoms with Gasteiger partial charge in [0.2, 0.25) is 0 Å². The molecule has 0 amide bonds. The summed E-state index contributed by atoms with van der Waals surface area (Å²) in [5.74, 6) is 2.82. The van der Waals surface area contributed by atoms with Crippen molar-refractivity contribution in [2.45, 2.75) is 38.6 Å². The lowest BCUT2D eigenvalue weighted by atomic mass is 10.1. The number of rotatable bonds is 3. The van der Waals surface area contributed by atoms with Crippen LogP contribution in [0.5, 0.6) is 0 Å². The van der Waals surface area contributed by atoms with Crippen molar-refractivity contribution < 1.29 is 0 Å². The van der Waals surface area contributed by atoms with Crippen LogP contribution in [0, 0.1) is 6.92 Å². The number of nitrogens with one attached hydrogen (secondary N) is 1. The summed E-state index contributed by atoms with van der Waals surface area (Å²) >= 11 is 0. The van der Waals surface area contributed by atoms with Crippen LogP contribution >= 0.6 is 0 Å². The monoisotopic (exact) mass is 275 g/mol. The zero-order chi connectivity index (χ0) is 13.9. The normalized spacial score (nSPS) is 24.1. The van der Waals surface area contributed by atoms with Crippen molar-refractivity contribution in [3.05, 3.63) is 11.9 Å². The molecular weight excluding hydrogens is 250 g/mol. The van der Waals surface area contributed by atoms with E-state index < -0.39 is 0 Å². The summed E-state index contributed by atoms with van der Waals surface area (Å²) in [6, 6.07) is 2.77. The number of likely N-dealkylation sites (tertiary alicyclic amines) is 1. The standard InChI is InChI=1S/C15H25N5/c1-12-17-14(16-2)10-15(18-12)20-9-6-13(11-20)19-7-4-3-5-8-19/h10,13H,3-9,11H2,1-2H3,(H,16,17,18). The highest BCUT2D eigenvalue weighted by molar-refractivity contribution is 5.50. The molecule has 5 nitrogen and oxygen atoms in total. The zero-order valence-corrected chi connectivity index (χ0v) is 12.6. The van der Waals surface area contributed by atoms with Crippen molar-refractivity contribution in [1.29, 1.82) is 0 Å². The van der Waals surface area contributed by atoms with E-state index in [-0.39, 0.29) is 0 Å². The lowest BCUT2D eigenvalue weighted by Crippen LogP contribution is -2.41. The van der Waals surface area contributed by atoms with Gasteiger partial charge in [-0.05, 0) is 39.3 Å². The second-order valence-corrected chi connectivity index (χ2v) is 5.89. The van der Waals surface area contributed by atoms with Crippen LogP contribution in [0.4, 0.5) is 11.6 Å². The molecule has 1 atom stereocenters. The highest BCUT2D eigenvalue weighted by atomic mass is 15.3. The molecular formula is C15H25N5. The molecule has 3 rings (SSSR count). The van der Waals surface area contributed by atoms with E-state index in [4.69, 9.17) is 0 Å². The predicted molar refractivity (Wildman–Crippen MR) is 82.4 cm³/mol. The Hall–Kier alpha value is -1.36. The topological polar surface area (TPSA) is 44.3 Å². The van der Waals surface area contributed by atoms with Gasteiger partial charge in [-0.3, -0.25) is 4.90 Å². The molecule has 5 heteroatoms. The molecule has 2 aliphatic heterocycles. The lowest BCUT2D eigenvalue weighted by Gasteiger charge is -2.32. The molecule has 0 saturated carbocycles. The van der Waals surface area contributed by atoms with Crippen LogP contribution in [0.1, 0.15) is 31.5 Å². The van der Waals surface area contributed by atoms with Crippen molar-refractivity contribution in [3.63, 3.8) is 0 Å². The summed E-state index contributed by atoms with van der Waals surface area (Å²) in [5, 5.41) is 3.12. The molecule has 1 unspecified atom stereocenters. The second-order valence-electron chi connectivity index (χ2n) is 5.89. The summed E-state index contributed by atoms with van der Waals surface area (Å²) in [4.78, 5) is 14.1. The van der Waals surface area contributed by atoms with Crippen LogP contribution in [-0.4, -0.2) is 54.1 Å². The number of aryl methyl sites for hydroxylation is 1. The number of hydrogen-bond donors (Lipinski definition) is 1. The molecule has 0 aliphatic carbocycles. The molecule has 0 radical (unpaired) electrons. The predicted octanol–water partition coefficient (Wildman–Crippen LogP) is 1.89. The Morgan fingerprint density at radius 3 is 2.70 bits per heavy atom. The summed E-state index contributed by atoms with van der Waals surface area (Å²) in [5.41, 5.74) is 0. The van der Waals surface area contributed by atoms with Crippen LogP contribution in [0.15, 0.2) is 6.07 Å². The van der Waals surface area contributed by atoms with Gasteiger partial charge in [0.25, 0.3) is 0 Å². The molecule has 1 aromatic rings. The van der Waals surface area contributed by atoms with Gasteiger partial charge < -0.3 is 10.2 Å². The highest BCUT2D eigenvalue weighted by Gasteiger charge is 2.29. The number of aromatic nitrogens is 2. The summed E-state index contributed by atoms with van der Waals surface area (Å²) in [6.07, 6.45) is 5.40. The third kappa shape index (κ3) is 2.87. The first-order valence-electron chi connectivity index (χ1n) is 7.78. The Morgan fingerprint density at radius 2 is 1.95 bits per heavy atom. The minimum Gasteiger partial charge on any atom is -0.373 e. The smallest absolute Gasteiger partial charge is 0.134 e. The molecule has 20 heavy (non-hydrogen) atoms. The molecule has 0 bridgehead atoms. The summed E-state index contributed by atoms with van der Waals surface area (Å²) in [7, 11) is 1.91. The second kappa shape index (κ2) is 5.95. The van der Waals surface area contributed by atoms with E-state index >= 15 is 0 Å². The minimum atomic E-state index is 0.712. The van der Waals surface area contributed by atoms with Crippen LogP contribution < -0.4 is 10.2 Å². The van der Waals surface area contributed by atoms with Crippen LogP contribution in [0.25, 0.3) is 0 Å². The molecule has 2 saturated heterocycles. The zero-order valence-electron chi connectivity index (χ0n) is 12.6. The third-order valence-electron chi connectivity index (χ3n) is 4.47. The molecule has 0 aromatic carbocycles. The molecule has 110 valence electrons. The SMILES string of the molecule is CNc1cc(N2CCC(N3CCCCC3)C2)nc(C)n1. The van der Waals surface area contributed by atoms with Gasteiger partial charge in [-0.1, -0.05) is 6.42 Å². The molecule has 0 spiro atoms. The van der Waals surface area contributed by atoms with E-state index in [9.17, 15) is 0 Å². The largest absolute Gasteiger partial charge is 0.373 e.